The second-order valence-electron chi connectivity index (χ2n) is 3.71. The van der Waals surface area contributed by atoms with E-state index in [0.717, 1.165) is 12.8 Å². The minimum atomic E-state index is 0.229. The van der Waals surface area contributed by atoms with Crippen LogP contribution in [0, 0.1) is 0 Å². The number of nitrogens with two attached hydrogens (primary N) is 1. The smallest absolute Gasteiger partial charge is 0.233 e. The maximum Gasteiger partial charge on any atom is 0.233 e. The van der Waals surface area contributed by atoms with E-state index in [1.165, 1.54) is 25.7 Å². The summed E-state index contributed by atoms with van der Waals surface area (Å²) in [6, 6.07) is 0.457. The molecule has 0 unspecified atom stereocenters. The van der Waals surface area contributed by atoms with Crippen molar-refractivity contribution < 1.29 is 5.21 Å². The summed E-state index contributed by atoms with van der Waals surface area (Å²) in [5.41, 5.74) is 5.52. The summed E-state index contributed by atoms with van der Waals surface area (Å²) >= 11 is 0. The summed E-state index contributed by atoms with van der Waals surface area (Å²) in [5, 5.41) is 11.5. The molecule has 1 aliphatic rings. The SMILES string of the molecule is CN(/C(N)=N/O)C1CCCCCC1. The molecule has 0 spiro atoms. The van der Waals surface area contributed by atoms with Crippen molar-refractivity contribution in [3.05, 3.63) is 0 Å². The molecule has 4 nitrogen and oxygen atoms in total. The van der Waals surface area contributed by atoms with Crippen LogP contribution < -0.4 is 5.73 Å². The van der Waals surface area contributed by atoms with E-state index >= 15 is 0 Å². The highest BCUT2D eigenvalue weighted by Crippen LogP contribution is 2.20. The van der Waals surface area contributed by atoms with Gasteiger partial charge in [0.25, 0.3) is 0 Å². The van der Waals surface area contributed by atoms with Gasteiger partial charge in [0.05, 0.1) is 0 Å². The normalized spacial score (nSPS) is 21.2. The van der Waals surface area contributed by atoms with Crippen molar-refractivity contribution in [1.29, 1.82) is 0 Å². The fourth-order valence-corrected chi connectivity index (χ4v) is 1.90. The van der Waals surface area contributed by atoms with E-state index < -0.39 is 0 Å². The van der Waals surface area contributed by atoms with E-state index in [1.54, 1.807) is 0 Å². The first kappa shape index (κ1) is 10.2. The van der Waals surface area contributed by atoms with Gasteiger partial charge in [-0.2, -0.15) is 0 Å². The molecule has 0 aromatic rings. The van der Waals surface area contributed by atoms with E-state index in [9.17, 15) is 0 Å². The highest BCUT2D eigenvalue weighted by molar-refractivity contribution is 5.77. The second kappa shape index (κ2) is 4.94. The summed E-state index contributed by atoms with van der Waals surface area (Å²) in [4.78, 5) is 1.88. The van der Waals surface area contributed by atoms with Gasteiger partial charge >= 0.3 is 0 Å². The Balaban J connectivity index is 2.48. The average Bonchev–Trinajstić information content (AvgIpc) is 2.43. The van der Waals surface area contributed by atoms with Gasteiger partial charge in [-0.1, -0.05) is 30.8 Å². The zero-order valence-corrected chi connectivity index (χ0v) is 8.24. The van der Waals surface area contributed by atoms with Crippen LogP contribution in [-0.4, -0.2) is 29.2 Å². The highest BCUT2D eigenvalue weighted by atomic mass is 16.4. The van der Waals surface area contributed by atoms with Crippen LogP contribution in [0.3, 0.4) is 0 Å². The Hall–Kier alpha value is -0.930. The van der Waals surface area contributed by atoms with E-state index in [1.807, 2.05) is 11.9 Å². The molecule has 0 saturated heterocycles. The molecule has 0 aromatic carbocycles. The van der Waals surface area contributed by atoms with Crippen LogP contribution >= 0.6 is 0 Å². The first-order valence-corrected chi connectivity index (χ1v) is 4.96. The quantitative estimate of drug-likeness (QED) is 0.213. The summed E-state index contributed by atoms with van der Waals surface area (Å²) in [6.45, 7) is 0. The summed E-state index contributed by atoms with van der Waals surface area (Å²) in [7, 11) is 1.89. The summed E-state index contributed by atoms with van der Waals surface area (Å²) in [6.07, 6.45) is 7.47. The molecule has 0 aliphatic heterocycles. The van der Waals surface area contributed by atoms with Crippen LogP contribution in [0.25, 0.3) is 0 Å². The third kappa shape index (κ3) is 2.79. The van der Waals surface area contributed by atoms with Gasteiger partial charge in [-0.05, 0) is 12.8 Å². The molecule has 1 aliphatic carbocycles. The first-order chi connectivity index (χ1) is 6.25. The van der Waals surface area contributed by atoms with Crippen LogP contribution in [0.2, 0.25) is 0 Å². The average molecular weight is 185 g/mol. The highest BCUT2D eigenvalue weighted by Gasteiger charge is 2.18. The number of hydrogen-bond donors (Lipinski definition) is 2. The maximum absolute atomic E-state index is 8.53. The van der Waals surface area contributed by atoms with Gasteiger partial charge in [0, 0.05) is 13.1 Å². The zero-order valence-electron chi connectivity index (χ0n) is 8.24. The molecular weight excluding hydrogens is 166 g/mol. The molecule has 76 valence electrons. The molecule has 0 heterocycles. The van der Waals surface area contributed by atoms with Crippen LogP contribution in [0.1, 0.15) is 38.5 Å². The van der Waals surface area contributed by atoms with Crippen LogP contribution in [0.5, 0.6) is 0 Å². The molecule has 3 N–H and O–H groups in total. The monoisotopic (exact) mass is 185 g/mol. The zero-order chi connectivity index (χ0) is 9.68. The largest absolute Gasteiger partial charge is 0.408 e. The van der Waals surface area contributed by atoms with Crippen molar-refractivity contribution >= 4 is 5.96 Å². The molecule has 0 amide bonds. The van der Waals surface area contributed by atoms with Crippen molar-refractivity contribution in [3.8, 4) is 0 Å². The number of rotatable bonds is 1. The predicted octanol–water partition coefficient (Wildman–Crippen LogP) is 1.34. The molecule has 13 heavy (non-hydrogen) atoms. The van der Waals surface area contributed by atoms with E-state index in [0.29, 0.717) is 6.04 Å². The Morgan fingerprint density at radius 3 is 2.31 bits per heavy atom. The van der Waals surface area contributed by atoms with Crippen LogP contribution in [0.15, 0.2) is 5.16 Å². The number of guanidine groups is 1. The van der Waals surface area contributed by atoms with Gasteiger partial charge in [0.2, 0.25) is 5.96 Å². The topological polar surface area (TPSA) is 61.8 Å². The third-order valence-corrected chi connectivity index (χ3v) is 2.84. The lowest BCUT2D eigenvalue weighted by molar-refractivity contribution is 0.278. The summed E-state index contributed by atoms with van der Waals surface area (Å²) < 4.78 is 0. The lowest BCUT2D eigenvalue weighted by atomic mass is 10.1. The minimum absolute atomic E-state index is 0.229. The Bertz CT molecular complexity index is 174. The number of nitrogens with zero attached hydrogens (tertiary/aromatic N) is 2. The van der Waals surface area contributed by atoms with E-state index in [-0.39, 0.29) is 5.96 Å². The molecule has 4 heteroatoms. The predicted molar refractivity (Wildman–Crippen MR) is 52.7 cm³/mol. The Kier molecular flexibility index (Phi) is 3.86. The van der Waals surface area contributed by atoms with Crippen molar-refractivity contribution in [1.82, 2.24) is 4.90 Å². The van der Waals surface area contributed by atoms with Crippen LogP contribution in [0.4, 0.5) is 0 Å². The van der Waals surface area contributed by atoms with Gasteiger partial charge < -0.3 is 15.8 Å². The fourth-order valence-electron chi connectivity index (χ4n) is 1.90. The fraction of sp³-hybridized carbons (Fsp3) is 0.889. The molecule has 0 atom stereocenters. The number of hydrogen-bond acceptors (Lipinski definition) is 2. The first-order valence-electron chi connectivity index (χ1n) is 4.96. The molecule has 0 aromatic heterocycles. The standard InChI is InChI=1S/C9H19N3O/c1-12(9(10)11-13)8-6-4-2-3-5-7-8/h8,13H,2-7H2,1H3,(H2,10,11). The molecule has 0 bridgehead atoms. The van der Waals surface area contributed by atoms with Gasteiger partial charge in [-0.25, -0.2) is 0 Å². The minimum Gasteiger partial charge on any atom is -0.408 e. The van der Waals surface area contributed by atoms with Crippen molar-refractivity contribution in [2.24, 2.45) is 10.9 Å². The van der Waals surface area contributed by atoms with Crippen molar-refractivity contribution in [2.45, 2.75) is 44.6 Å². The third-order valence-electron chi connectivity index (χ3n) is 2.84. The van der Waals surface area contributed by atoms with Crippen molar-refractivity contribution in [3.63, 3.8) is 0 Å². The van der Waals surface area contributed by atoms with Crippen LogP contribution in [-0.2, 0) is 0 Å². The molecule has 1 rings (SSSR count). The van der Waals surface area contributed by atoms with E-state index in [4.69, 9.17) is 10.9 Å². The molecule has 0 radical (unpaired) electrons. The molecule has 1 fully saturated rings. The lowest BCUT2D eigenvalue weighted by Gasteiger charge is -2.26. The van der Waals surface area contributed by atoms with Gasteiger partial charge in [-0.3, -0.25) is 0 Å². The van der Waals surface area contributed by atoms with Gasteiger partial charge in [0.1, 0.15) is 0 Å². The van der Waals surface area contributed by atoms with Crippen molar-refractivity contribution in [2.75, 3.05) is 7.05 Å². The lowest BCUT2D eigenvalue weighted by Crippen LogP contribution is -2.41. The van der Waals surface area contributed by atoms with Gasteiger partial charge in [0.15, 0.2) is 0 Å². The Morgan fingerprint density at radius 1 is 1.31 bits per heavy atom. The van der Waals surface area contributed by atoms with Gasteiger partial charge in [-0.15, -0.1) is 0 Å². The molecular formula is C9H19N3O. The second-order valence-corrected chi connectivity index (χ2v) is 3.71. The Morgan fingerprint density at radius 2 is 1.85 bits per heavy atom. The molecule has 1 saturated carbocycles. The number of oxime groups is 1. The van der Waals surface area contributed by atoms with E-state index in [2.05, 4.69) is 5.16 Å². The maximum atomic E-state index is 8.53. The Labute approximate surface area is 79.4 Å². The summed E-state index contributed by atoms with van der Waals surface area (Å²) in [5.74, 6) is 0.229.